The van der Waals surface area contributed by atoms with Gasteiger partial charge in [-0.1, -0.05) is 27.7 Å². The van der Waals surface area contributed by atoms with E-state index >= 15 is 8.78 Å². The molecule has 12 heteroatoms. The summed E-state index contributed by atoms with van der Waals surface area (Å²) in [5.74, 6) is -5.59. The molecule has 1 amide bonds. The molecule has 2 fully saturated rings. The summed E-state index contributed by atoms with van der Waals surface area (Å²) in [6.07, 6.45) is -1.29. The lowest BCUT2D eigenvalue weighted by Gasteiger charge is -2.34. The Hall–Kier alpha value is -3.41. The number of amides is 1. The third kappa shape index (κ3) is 6.04. The fraction of sp³-hybridized carbons (Fsp3) is 0.633. The van der Waals surface area contributed by atoms with Gasteiger partial charge in [0.1, 0.15) is 24.2 Å². The van der Waals surface area contributed by atoms with E-state index in [1.807, 2.05) is 20.8 Å². The lowest BCUT2D eigenvalue weighted by molar-refractivity contribution is -0.154. The maximum atomic E-state index is 15.7. The fourth-order valence-electron chi connectivity index (χ4n) is 5.62. The van der Waals surface area contributed by atoms with Crippen LogP contribution in [-0.2, 0) is 29.8 Å². The van der Waals surface area contributed by atoms with Crippen molar-refractivity contribution < 1.29 is 42.1 Å². The minimum atomic E-state index is -3.42. The van der Waals surface area contributed by atoms with Gasteiger partial charge in [-0.05, 0) is 24.0 Å². The first-order valence-electron chi connectivity index (χ1n) is 14.3. The highest BCUT2D eigenvalue weighted by molar-refractivity contribution is 5.87. The van der Waals surface area contributed by atoms with Crippen molar-refractivity contribution in [2.45, 2.75) is 83.7 Å². The summed E-state index contributed by atoms with van der Waals surface area (Å²) in [7, 11) is 1.48. The van der Waals surface area contributed by atoms with Crippen LogP contribution in [0.4, 0.5) is 8.78 Å². The largest absolute Gasteiger partial charge is 0.497 e. The van der Waals surface area contributed by atoms with Crippen molar-refractivity contribution in [2.75, 3.05) is 20.3 Å². The number of aldehydes is 1. The van der Waals surface area contributed by atoms with Crippen molar-refractivity contribution in [3.63, 3.8) is 0 Å². The van der Waals surface area contributed by atoms with E-state index < -0.39 is 65.4 Å². The Morgan fingerprint density at radius 2 is 1.86 bits per heavy atom. The first kappa shape index (κ1) is 30.1. The van der Waals surface area contributed by atoms with Crippen molar-refractivity contribution >= 4 is 29.2 Å². The number of methoxy groups -OCH3 is 1. The van der Waals surface area contributed by atoms with Crippen molar-refractivity contribution in [3.8, 4) is 11.6 Å². The smallest absolute Gasteiger partial charge is 0.306 e. The van der Waals surface area contributed by atoms with E-state index in [1.165, 1.54) is 12.0 Å². The number of carbonyl (C=O) groups is 3. The van der Waals surface area contributed by atoms with Gasteiger partial charge in [0, 0.05) is 31.4 Å². The molecule has 3 heterocycles. The van der Waals surface area contributed by atoms with E-state index in [2.05, 4.69) is 9.97 Å². The minimum Gasteiger partial charge on any atom is -0.497 e. The van der Waals surface area contributed by atoms with Gasteiger partial charge >= 0.3 is 5.97 Å². The molecule has 1 saturated carbocycles. The number of aromatic nitrogens is 2. The van der Waals surface area contributed by atoms with Gasteiger partial charge < -0.3 is 28.6 Å². The predicted molar refractivity (Wildman–Crippen MR) is 146 cm³/mol. The summed E-state index contributed by atoms with van der Waals surface area (Å²) in [5, 5.41) is 0. The number of ether oxygens (including phenoxy) is 4. The van der Waals surface area contributed by atoms with Gasteiger partial charge in [-0.15, -0.1) is 0 Å². The van der Waals surface area contributed by atoms with E-state index in [-0.39, 0.29) is 43.5 Å². The van der Waals surface area contributed by atoms with Crippen molar-refractivity contribution in [1.82, 2.24) is 14.9 Å². The van der Waals surface area contributed by atoms with Crippen LogP contribution in [0.5, 0.6) is 11.6 Å². The third-order valence-corrected chi connectivity index (χ3v) is 8.37. The number of hydrogen-bond donors (Lipinski definition) is 0. The third-order valence-electron chi connectivity index (χ3n) is 8.37. The second kappa shape index (κ2) is 11.3. The van der Waals surface area contributed by atoms with E-state index in [4.69, 9.17) is 18.9 Å². The predicted octanol–water partition coefficient (Wildman–Crippen LogP) is 4.07. The Morgan fingerprint density at radius 3 is 2.55 bits per heavy atom. The Bertz CT molecular complexity index is 1360. The first-order valence-corrected chi connectivity index (χ1v) is 14.3. The molecular formula is C30H37F2N3O7. The number of rotatable bonds is 2. The minimum absolute atomic E-state index is 0.0212. The van der Waals surface area contributed by atoms with Gasteiger partial charge in [0.25, 0.3) is 5.92 Å². The van der Waals surface area contributed by atoms with Gasteiger partial charge in [0.2, 0.25) is 11.8 Å². The van der Waals surface area contributed by atoms with Crippen LogP contribution in [0, 0.1) is 17.3 Å². The number of carbonyl (C=O) groups excluding carboxylic acids is 3. The SMILES string of the molecule is COc1ccc2nc3c(nc2c1)O[C@H]1CN(C(=O)[C@H](C(C)(C)C)CC(=O)O[C@@H]2C[C@H]2OCCCC3(F)F)[C@H](C=O)[C@@H]1C. The molecule has 2 aromatic rings. The molecule has 1 aromatic carbocycles. The Labute approximate surface area is 243 Å². The zero-order valence-corrected chi connectivity index (χ0v) is 24.5. The van der Waals surface area contributed by atoms with Crippen LogP contribution in [0.15, 0.2) is 18.2 Å². The number of benzene rings is 1. The standard InChI is InChI=1S/C30H37F2N3O7/c1-16-21(15-36)35-14-24(16)42-27-26(33-19-8-7-17(39-5)11-20(19)34-27)30(31,32)9-6-10-40-22-13-23(22)41-25(37)12-18(28(35)38)29(2,3)4/h7-8,11,15-16,18,21-24H,6,9-10,12-14H2,1-5H3/t16-,18+,21+,22+,23+,24-/m0/s1. The second-order valence-corrected chi connectivity index (χ2v) is 12.5. The summed E-state index contributed by atoms with van der Waals surface area (Å²) in [6, 6.07) is 3.85. The molecule has 1 aromatic heterocycles. The van der Waals surface area contributed by atoms with Gasteiger partial charge in [-0.3, -0.25) is 9.59 Å². The Kier molecular flexibility index (Phi) is 8.12. The first-order chi connectivity index (χ1) is 19.8. The molecular weight excluding hydrogens is 552 g/mol. The zero-order chi connectivity index (χ0) is 30.4. The van der Waals surface area contributed by atoms with Crippen LogP contribution >= 0.6 is 0 Å². The molecule has 6 atom stereocenters. The molecule has 2 bridgehead atoms. The van der Waals surface area contributed by atoms with Gasteiger partial charge in [-0.25, -0.2) is 9.97 Å². The van der Waals surface area contributed by atoms with Crippen LogP contribution in [0.2, 0.25) is 0 Å². The summed E-state index contributed by atoms with van der Waals surface area (Å²) in [4.78, 5) is 49.1. The number of alkyl halides is 2. The van der Waals surface area contributed by atoms with E-state index in [0.717, 1.165) is 0 Å². The number of esters is 1. The lowest BCUT2D eigenvalue weighted by Crippen LogP contribution is -2.46. The lowest BCUT2D eigenvalue weighted by atomic mass is 9.77. The highest BCUT2D eigenvalue weighted by Crippen LogP contribution is 2.41. The van der Waals surface area contributed by atoms with Gasteiger partial charge in [0.05, 0.1) is 49.2 Å². The highest BCUT2D eigenvalue weighted by atomic mass is 19.3. The average Bonchev–Trinajstić information content (AvgIpc) is 3.59. The number of fused-ring (bicyclic) bond motifs is 5. The highest BCUT2D eigenvalue weighted by Gasteiger charge is 2.49. The molecule has 0 radical (unpaired) electrons. The molecule has 0 unspecified atom stereocenters. The van der Waals surface area contributed by atoms with Crippen LogP contribution in [-0.4, -0.2) is 77.6 Å². The molecule has 0 N–H and O–H groups in total. The molecule has 3 aliphatic rings. The summed E-state index contributed by atoms with van der Waals surface area (Å²) in [5.41, 5.74) is -0.712. The molecule has 228 valence electrons. The normalized spacial score (nSPS) is 30.3. The topological polar surface area (TPSA) is 117 Å². The number of hydrogen-bond acceptors (Lipinski definition) is 9. The van der Waals surface area contributed by atoms with E-state index in [1.54, 1.807) is 25.1 Å². The van der Waals surface area contributed by atoms with Crippen molar-refractivity contribution in [3.05, 3.63) is 23.9 Å². The maximum absolute atomic E-state index is 15.7. The maximum Gasteiger partial charge on any atom is 0.306 e. The monoisotopic (exact) mass is 589 g/mol. The molecule has 1 saturated heterocycles. The number of nitrogens with zero attached hydrogens (tertiary/aromatic N) is 3. The Balaban J connectivity index is 1.55. The number of halogens is 2. The van der Waals surface area contributed by atoms with Crippen LogP contribution in [0.25, 0.3) is 11.0 Å². The van der Waals surface area contributed by atoms with E-state index in [9.17, 15) is 14.4 Å². The van der Waals surface area contributed by atoms with Crippen LogP contribution in [0.1, 0.15) is 59.1 Å². The second-order valence-electron chi connectivity index (χ2n) is 12.5. The zero-order valence-electron chi connectivity index (χ0n) is 24.5. The Morgan fingerprint density at radius 1 is 1.10 bits per heavy atom. The van der Waals surface area contributed by atoms with Crippen LogP contribution in [0.3, 0.4) is 0 Å². The summed E-state index contributed by atoms with van der Waals surface area (Å²) in [6.45, 7) is 7.24. The van der Waals surface area contributed by atoms with Gasteiger partial charge in [0.15, 0.2) is 5.69 Å². The summed E-state index contributed by atoms with van der Waals surface area (Å²) < 4.78 is 54.1. The quantitative estimate of drug-likeness (QED) is 0.377. The molecule has 5 rings (SSSR count). The average molecular weight is 590 g/mol. The molecule has 1 aliphatic carbocycles. The molecule has 2 aliphatic heterocycles. The molecule has 10 nitrogen and oxygen atoms in total. The van der Waals surface area contributed by atoms with Crippen molar-refractivity contribution in [1.29, 1.82) is 0 Å². The fourth-order valence-corrected chi connectivity index (χ4v) is 5.62. The van der Waals surface area contributed by atoms with Crippen molar-refractivity contribution in [2.24, 2.45) is 17.3 Å². The molecule has 0 spiro atoms. The van der Waals surface area contributed by atoms with Gasteiger partial charge in [-0.2, -0.15) is 8.78 Å². The summed E-state index contributed by atoms with van der Waals surface area (Å²) >= 11 is 0. The van der Waals surface area contributed by atoms with Crippen LogP contribution < -0.4 is 9.47 Å². The molecule has 42 heavy (non-hydrogen) atoms. The van der Waals surface area contributed by atoms with E-state index in [0.29, 0.717) is 24.0 Å².